The molecule has 0 atom stereocenters. The van der Waals surface area contributed by atoms with Gasteiger partial charge in [0, 0.05) is 5.41 Å². The summed E-state index contributed by atoms with van der Waals surface area (Å²) in [5.41, 5.74) is 11.5. The summed E-state index contributed by atoms with van der Waals surface area (Å²) in [5, 5.41) is 0. The minimum absolute atomic E-state index is 0.140. The Morgan fingerprint density at radius 1 is 0.390 bits per heavy atom. The molecule has 1 aliphatic carbocycles. The largest absolute Gasteiger partial charge is 0.0654 e. The zero-order valence-electron chi connectivity index (χ0n) is 25.6. The van der Waals surface area contributed by atoms with Crippen molar-refractivity contribution in [1.29, 1.82) is 0 Å². The SMILES string of the molecule is CCCCCCCCC1(CCCCCCCC)c2ccccc2-c2ccc(-c3ccc(-c4ccccc4)cc3)cc21. The van der Waals surface area contributed by atoms with Crippen LogP contribution in [0.3, 0.4) is 0 Å². The van der Waals surface area contributed by atoms with Gasteiger partial charge in [0.05, 0.1) is 0 Å². The van der Waals surface area contributed by atoms with Gasteiger partial charge in [-0.2, -0.15) is 0 Å². The molecule has 0 amide bonds. The molecule has 5 rings (SSSR count). The zero-order valence-corrected chi connectivity index (χ0v) is 25.6. The standard InChI is InChI=1S/C41H50/c1-3-5-7-9-11-18-30-41(31-19-12-10-8-6-4-2)39-23-17-16-22-37(39)38-29-28-36(32-40(38)41)35-26-24-34(25-27-35)33-20-14-13-15-21-33/h13-17,20-29,32H,3-12,18-19,30-31H2,1-2H3. The minimum atomic E-state index is 0.140. The molecule has 0 fully saturated rings. The Labute approximate surface area is 250 Å². The smallest absolute Gasteiger partial charge is 0.0215 e. The van der Waals surface area contributed by atoms with Gasteiger partial charge in [0.2, 0.25) is 0 Å². The molecule has 0 bridgehead atoms. The van der Waals surface area contributed by atoms with Crippen LogP contribution in [0.5, 0.6) is 0 Å². The molecule has 41 heavy (non-hydrogen) atoms. The monoisotopic (exact) mass is 542 g/mol. The maximum atomic E-state index is 2.57. The van der Waals surface area contributed by atoms with E-state index in [1.54, 1.807) is 11.1 Å². The van der Waals surface area contributed by atoms with E-state index < -0.39 is 0 Å². The Bertz CT molecular complexity index is 1330. The van der Waals surface area contributed by atoms with E-state index in [1.165, 1.54) is 123 Å². The first-order valence-electron chi connectivity index (χ1n) is 16.7. The lowest BCUT2D eigenvalue weighted by Gasteiger charge is -2.33. The van der Waals surface area contributed by atoms with Gasteiger partial charge in [-0.3, -0.25) is 0 Å². The molecule has 214 valence electrons. The Morgan fingerprint density at radius 3 is 1.49 bits per heavy atom. The molecule has 0 radical (unpaired) electrons. The summed E-state index contributed by atoms with van der Waals surface area (Å²) in [6.07, 6.45) is 18.8. The van der Waals surface area contributed by atoms with Gasteiger partial charge in [-0.25, -0.2) is 0 Å². The molecule has 0 unspecified atom stereocenters. The van der Waals surface area contributed by atoms with Gasteiger partial charge in [-0.05, 0) is 63.4 Å². The number of rotatable bonds is 16. The Kier molecular flexibility index (Phi) is 10.5. The second kappa shape index (κ2) is 14.7. The fourth-order valence-corrected chi connectivity index (χ4v) is 7.20. The molecular weight excluding hydrogens is 492 g/mol. The molecule has 0 spiro atoms. The molecule has 0 N–H and O–H groups in total. The summed E-state index contributed by atoms with van der Waals surface area (Å²) < 4.78 is 0. The van der Waals surface area contributed by atoms with E-state index in [-0.39, 0.29) is 5.41 Å². The van der Waals surface area contributed by atoms with Crippen LogP contribution in [-0.2, 0) is 5.41 Å². The molecule has 0 saturated heterocycles. The average Bonchev–Trinajstić information content (AvgIpc) is 3.30. The summed E-state index contributed by atoms with van der Waals surface area (Å²) in [7, 11) is 0. The van der Waals surface area contributed by atoms with Crippen molar-refractivity contribution in [2.45, 2.75) is 109 Å². The summed E-state index contributed by atoms with van der Waals surface area (Å²) in [5.74, 6) is 0. The van der Waals surface area contributed by atoms with Crippen molar-refractivity contribution in [1.82, 2.24) is 0 Å². The molecule has 1 aliphatic rings. The third-order valence-electron chi connectivity index (χ3n) is 9.51. The second-order valence-corrected chi connectivity index (χ2v) is 12.4. The van der Waals surface area contributed by atoms with Crippen molar-refractivity contribution in [3.63, 3.8) is 0 Å². The molecule has 0 nitrogen and oxygen atoms in total. The quantitative estimate of drug-likeness (QED) is 0.123. The van der Waals surface area contributed by atoms with Gasteiger partial charge >= 0.3 is 0 Å². The first-order chi connectivity index (χ1) is 20.3. The molecule has 0 heteroatoms. The van der Waals surface area contributed by atoms with Gasteiger partial charge < -0.3 is 0 Å². The van der Waals surface area contributed by atoms with Crippen LogP contribution in [0.25, 0.3) is 33.4 Å². The van der Waals surface area contributed by atoms with Crippen molar-refractivity contribution >= 4 is 0 Å². The van der Waals surface area contributed by atoms with Crippen molar-refractivity contribution in [3.8, 4) is 33.4 Å². The highest BCUT2D eigenvalue weighted by Crippen LogP contribution is 2.55. The summed E-state index contributed by atoms with van der Waals surface area (Å²) in [6.45, 7) is 4.63. The van der Waals surface area contributed by atoms with Gasteiger partial charge in [0.15, 0.2) is 0 Å². The van der Waals surface area contributed by atoms with Crippen LogP contribution < -0.4 is 0 Å². The highest BCUT2D eigenvalue weighted by molar-refractivity contribution is 5.84. The first kappa shape index (κ1) is 29.4. The third kappa shape index (κ3) is 6.86. The number of fused-ring (bicyclic) bond motifs is 3. The van der Waals surface area contributed by atoms with Crippen molar-refractivity contribution in [3.05, 3.63) is 108 Å². The van der Waals surface area contributed by atoms with E-state index in [2.05, 4.69) is 111 Å². The van der Waals surface area contributed by atoms with Crippen LogP contribution in [0.4, 0.5) is 0 Å². The van der Waals surface area contributed by atoms with Crippen LogP contribution in [0.15, 0.2) is 97.1 Å². The molecule has 0 heterocycles. The van der Waals surface area contributed by atoms with Crippen molar-refractivity contribution in [2.75, 3.05) is 0 Å². The first-order valence-corrected chi connectivity index (χ1v) is 16.7. The Balaban J connectivity index is 1.45. The lowest BCUT2D eigenvalue weighted by atomic mass is 9.70. The van der Waals surface area contributed by atoms with Gasteiger partial charge in [-0.1, -0.05) is 182 Å². The predicted octanol–water partition coefficient (Wildman–Crippen LogP) is 12.8. The maximum absolute atomic E-state index is 2.57. The fourth-order valence-electron chi connectivity index (χ4n) is 7.20. The topological polar surface area (TPSA) is 0 Å². The summed E-state index contributed by atoms with van der Waals surface area (Å²) >= 11 is 0. The van der Waals surface area contributed by atoms with Crippen LogP contribution in [0.1, 0.15) is 115 Å². The van der Waals surface area contributed by atoms with Crippen LogP contribution in [0.2, 0.25) is 0 Å². The lowest BCUT2D eigenvalue weighted by molar-refractivity contribution is 0.398. The van der Waals surface area contributed by atoms with Crippen LogP contribution in [0, 0.1) is 0 Å². The van der Waals surface area contributed by atoms with E-state index >= 15 is 0 Å². The number of hydrogen-bond donors (Lipinski definition) is 0. The van der Waals surface area contributed by atoms with Crippen LogP contribution in [-0.4, -0.2) is 0 Å². The van der Waals surface area contributed by atoms with E-state index in [1.807, 2.05) is 0 Å². The molecular formula is C41H50. The molecule has 0 aliphatic heterocycles. The van der Waals surface area contributed by atoms with Crippen molar-refractivity contribution < 1.29 is 0 Å². The maximum Gasteiger partial charge on any atom is 0.0215 e. The summed E-state index contributed by atoms with van der Waals surface area (Å²) in [4.78, 5) is 0. The number of unbranched alkanes of at least 4 members (excludes halogenated alkanes) is 10. The normalized spacial score (nSPS) is 13.2. The molecule has 0 saturated carbocycles. The minimum Gasteiger partial charge on any atom is -0.0654 e. The van der Waals surface area contributed by atoms with E-state index in [0.717, 1.165) is 0 Å². The average molecular weight is 543 g/mol. The Morgan fingerprint density at radius 2 is 0.854 bits per heavy atom. The molecule has 4 aromatic rings. The predicted molar refractivity (Wildman–Crippen MR) is 180 cm³/mol. The van der Waals surface area contributed by atoms with E-state index in [4.69, 9.17) is 0 Å². The highest BCUT2D eigenvalue weighted by Gasteiger charge is 2.42. The zero-order chi connectivity index (χ0) is 28.3. The van der Waals surface area contributed by atoms with Gasteiger partial charge in [0.1, 0.15) is 0 Å². The highest BCUT2D eigenvalue weighted by atomic mass is 14.4. The van der Waals surface area contributed by atoms with Gasteiger partial charge in [0.25, 0.3) is 0 Å². The molecule has 4 aromatic carbocycles. The molecule has 0 aromatic heterocycles. The van der Waals surface area contributed by atoms with Crippen molar-refractivity contribution in [2.24, 2.45) is 0 Å². The number of hydrogen-bond acceptors (Lipinski definition) is 0. The third-order valence-corrected chi connectivity index (χ3v) is 9.51. The fraction of sp³-hybridized carbons (Fsp3) is 0.415. The van der Waals surface area contributed by atoms with E-state index in [9.17, 15) is 0 Å². The Hall–Kier alpha value is -3.12. The van der Waals surface area contributed by atoms with E-state index in [0.29, 0.717) is 0 Å². The van der Waals surface area contributed by atoms with Crippen LogP contribution >= 0.6 is 0 Å². The lowest BCUT2D eigenvalue weighted by Crippen LogP contribution is -2.25. The number of benzene rings is 4. The second-order valence-electron chi connectivity index (χ2n) is 12.4. The summed E-state index contributed by atoms with van der Waals surface area (Å²) in [6, 6.07) is 36.6. The van der Waals surface area contributed by atoms with Gasteiger partial charge in [-0.15, -0.1) is 0 Å².